The Morgan fingerprint density at radius 1 is 0.907 bits per heavy atom. The molecule has 1 aliphatic heterocycles. The fraction of sp³-hybridized carbons (Fsp3) is 0.121. The summed E-state index contributed by atoms with van der Waals surface area (Å²) in [4.78, 5) is 32.3. The van der Waals surface area contributed by atoms with Crippen molar-refractivity contribution in [3.63, 3.8) is 0 Å². The summed E-state index contributed by atoms with van der Waals surface area (Å²) in [5.74, 6) is -0.548. The molecule has 43 heavy (non-hydrogen) atoms. The van der Waals surface area contributed by atoms with Crippen LogP contribution in [0.1, 0.15) is 33.9 Å². The van der Waals surface area contributed by atoms with Gasteiger partial charge in [0, 0.05) is 23.7 Å². The number of thioether (sulfide) groups is 1. The number of carbonyl (C=O) groups is 2. The van der Waals surface area contributed by atoms with Crippen LogP contribution >= 0.6 is 23.1 Å². The van der Waals surface area contributed by atoms with Crippen molar-refractivity contribution in [1.29, 1.82) is 0 Å². The Morgan fingerprint density at radius 2 is 1.63 bits per heavy atom. The smallest absolute Gasteiger partial charge is 0.301 e. The zero-order valence-corrected chi connectivity index (χ0v) is 24.7. The first-order chi connectivity index (χ1) is 21.0. The number of anilines is 1. The summed E-state index contributed by atoms with van der Waals surface area (Å²) in [6, 6.07) is 27.5. The van der Waals surface area contributed by atoms with Gasteiger partial charge in [0.2, 0.25) is 5.13 Å². The molecule has 10 heteroatoms. The molecule has 8 nitrogen and oxygen atoms in total. The predicted molar refractivity (Wildman–Crippen MR) is 167 cm³/mol. The van der Waals surface area contributed by atoms with Crippen molar-refractivity contribution in [3.8, 4) is 5.75 Å². The first kappa shape index (κ1) is 28.3. The summed E-state index contributed by atoms with van der Waals surface area (Å²) < 4.78 is 6.60. The molecule has 0 saturated carbocycles. The Kier molecular flexibility index (Phi) is 8.30. The number of aliphatic hydroxyl groups is 1. The SMILES string of the molecule is Cc1ccc(CSc2nnc(N3C(=O)C(=O)C(=C(O)c4ccncc4)C3c3ccc(OCc4ccccc4)cc3)s2)cc1. The Labute approximate surface area is 256 Å². The Hall–Kier alpha value is -4.80. The lowest BCUT2D eigenvalue weighted by molar-refractivity contribution is -0.132. The van der Waals surface area contributed by atoms with Gasteiger partial charge in [-0.1, -0.05) is 95.4 Å². The van der Waals surface area contributed by atoms with Crippen molar-refractivity contribution in [2.24, 2.45) is 0 Å². The van der Waals surface area contributed by atoms with Crippen molar-refractivity contribution in [1.82, 2.24) is 15.2 Å². The van der Waals surface area contributed by atoms with Gasteiger partial charge in [-0.3, -0.25) is 19.5 Å². The molecule has 0 radical (unpaired) electrons. The average Bonchev–Trinajstić information content (AvgIpc) is 3.62. The number of rotatable bonds is 9. The third-order valence-electron chi connectivity index (χ3n) is 6.93. The van der Waals surface area contributed by atoms with E-state index in [2.05, 4.69) is 39.4 Å². The van der Waals surface area contributed by atoms with E-state index in [-0.39, 0.29) is 16.5 Å². The van der Waals surface area contributed by atoms with Gasteiger partial charge in [0.15, 0.2) is 4.34 Å². The molecular weight excluding hydrogens is 581 g/mol. The molecule has 1 aliphatic rings. The number of nitrogens with zero attached hydrogens (tertiary/aromatic N) is 4. The molecule has 5 aromatic rings. The van der Waals surface area contributed by atoms with Crippen LogP contribution in [0.15, 0.2) is 113 Å². The molecule has 0 spiro atoms. The van der Waals surface area contributed by atoms with Crippen LogP contribution in [0, 0.1) is 6.92 Å². The van der Waals surface area contributed by atoms with Gasteiger partial charge >= 0.3 is 5.91 Å². The molecule has 6 rings (SSSR count). The lowest BCUT2D eigenvalue weighted by atomic mass is 9.95. The molecule has 0 aliphatic carbocycles. The second-order valence-corrected chi connectivity index (χ2v) is 12.1. The molecule has 214 valence electrons. The van der Waals surface area contributed by atoms with E-state index in [1.807, 2.05) is 37.3 Å². The van der Waals surface area contributed by atoms with Gasteiger partial charge in [-0.25, -0.2) is 0 Å². The van der Waals surface area contributed by atoms with Crippen LogP contribution in [0.2, 0.25) is 0 Å². The monoisotopic (exact) mass is 606 g/mol. The van der Waals surface area contributed by atoms with Crippen molar-refractivity contribution < 1.29 is 19.4 Å². The van der Waals surface area contributed by atoms with Crippen LogP contribution in [0.3, 0.4) is 0 Å². The lowest BCUT2D eigenvalue weighted by Gasteiger charge is -2.22. The Bertz CT molecular complexity index is 1770. The zero-order valence-electron chi connectivity index (χ0n) is 23.1. The number of Topliss-reactive ketones (excluding diaryl/α,β-unsaturated/α-hetero) is 1. The Balaban J connectivity index is 1.32. The molecule has 1 saturated heterocycles. The van der Waals surface area contributed by atoms with Gasteiger partial charge in [0.05, 0.1) is 11.6 Å². The van der Waals surface area contributed by atoms with Gasteiger partial charge in [0.25, 0.3) is 5.78 Å². The number of ether oxygens (including phenoxy) is 1. The topological polar surface area (TPSA) is 106 Å². The van der Waals surface area contributed by atoms with Gasteiger partial charge in [-0.15, -0.1) is 10.2 Å². The second-order valence-electron chi connectivity index (χ2n) is 9.87. The number of benzene rings is 3. The maximum Gasteiger partial charge on any atom is 0.301 e. The molecule has 1 N–H and O–H groups in total. The standard InChI is InChI=1S/C33H26N4O4S2/c1-21-7-9-23(10-8-21)20-42-33-36-35-32(43-33)37-28(27(30(39)31(37)40)29(38)25-15-17-34-18-16-25)24-11-13-26(14-12-24)41-19-22-5-3-2-4-6-22/h2-18,28,38H,19-20H2,1H3. The van der Waals surface area contributed by atoms with Crippen LogP contribution in [-0.4, -0.2) is 32.0 Å². The van der Waals surface area contributed by atoms with Gasteiger partial charge < -0.3 is 9.84 Å². The number of aliphatic hydroxyl groups excluding tert-OH is 1. The second kappa shape index (κ2) is 12.6. The first-order valence-electron chi connectivity index (χ1n) is 13.5. The third-order valence-corrected chi connectivity index (χ3v) is 9.05. The minimum absolute atomic E-state index is 0.0294. The number of aromatic nitrogens is 3. The van der Waals surface area contributed by atoms with E-state index in [9.17, 15) is 14.7 Å². The zero-order chi connectivity index (χ0) is 29.8. The maximum absolute atomic E-state index is 13.5. The van der Waals surface area contributed by atoms with Crippen LogP contribution in [0.5, 0.6) is 5.75 Å². The first-order valence-corrected chi connectivity index (χ1v) is 15.3. The highest BCUT2D eigenvalue weighted by Gasteiger charge is 2.48. The largest absolute Gasteiger partial charge is 0.507 e. The van der Waals surface area contributed by atoms with E-state index in [0.29, 0.717) is 33.6 Å². The van der Waals surface area contributed by atoms with Crippen LogP contribution in [0.25, 0.3) is 5.76 Å². The molecule has 2 aromatic heterocycles. The maximum atomic E-state index is 13.5. The number of ketones is 1. The number of pyridine rings is 1. The van der Waals surface area contributed by atoms with Crippen LogP contribution < -0.4 is 9.64 Å². The minimum Gasteiger partial charge on any atom is -0.507 e. The molecule has 1 atom stereocenters. The van der Waals surface area contributed by atoms with Crippen molar-refractivity contribution in [3.05, 3.63) is 137 Å². The summed E-state index contributed by atoms with van der Waals surface area (Å²) >= 11 is 2.73. The number of aryl methyl sites for hydroxylation is 1. The van der Waals surface area contributed by atoms with Crippen molar-refractivity contribution >= 4 is 45.7 Å². The minimum atomic E-state index is -0.917. The summed E-state index contributed by atoms with van der Waals surface area (Å²) in [7, 11) is 0. The molecule has 3 heterocycles. The fourth-order valence-corrected chi connectivity index (χ4v) is 6.51. The molecule has 3 aromatic carbocycles. The van der Waals surface area contributed by atoms with Crippen LogP contribution in [0.4, 0.5) is 5.13 Å². The number of amides is 1. The van der Waals surface area contributed by atoms with E-state index >= 15 is 0 Å². The molecule has 1 fully saturated rings. The quantitative estimate of drug-likeness (QED) is 0.0647. The molecule has 0 bridgehead atoms. The fourth-order valence-electron chi connectivity index (χ4n) is 4.69. The molecule has 1 amide bonds. The van der Waals surface area contributed by atoms with Gasteiger partial charge in [-0.05, 0) is 47.9 Å². The predicted octanol–water partition coefficient (Wildman–Crippen LogP) is 6.74. The number of hydrogen-bond donors (Lipinski definition) is 1. The summed E-state index contributed by atoms with van der Waals surface area (Å²) in [6.07, 6.45) is 3.03. The molecular formula is C33H26N4O4S2. The molecule has 1 unspecified atom stereocenters. The number of hydrogen-bond acceptors (Lipinski definition) is 9. The highest BCUT2D eigenvalue weighted by atomic mass is 32.2. The summed E-state index contributed by atoms with van der Waals surface area (Å²) in [6.45, 7) is 2.44. The van der Waals surface area contributed by atoms with Crippen LogP contribution in [-0.2, 0) is 21.9 Å². The van der Waals surface area contributed by atoms with E-state index in [1.54, 1.807) is 36.4 Å². The van der Waals surface area contributed by atoms with E-state index in [4.69, 9.17) is 4.74 Å². The third kappa shape index (κ3) is 6.20. The Morgan fingerprint density at radius 3 is 2.35 bits per heavy atom. The van der Waals surface area contributed by atoms with Crippen molar-refractivity contribution in [2.45, 2.75) is 29.7 Å². The van der Waals surface area contributed by atoms with E-state index in [1.165, 1.54) is 46.0 Å². The summed E-state index contributed by atoms with van der Waals surface area (Å²) in [5.41, 5.74) is 4.32. The lowest BCUT2D eigenvalue weighted by Crippen LogP contribution is -2.29. The highest BCUT2D eigenvalue weighted by molar-refractivity contribution is 8.00. The highest BCUT2D eigenvalue weighted by Crippen LogP contribution is 2.44. The van der Waals surface area contributed by atoms with Gasteiger partial charge in [-0.2, -0.15) is 0 Å². The van der Waals surface area contributed by atoms with E-state index < -0.39 is 17.7 Å². The van der Waals surface area contributed by atoms with Gasteiger partial charge in [0.1, 0.15) is 18.1 Å². The average molecular weight is 607 g/mol. The normalized spacial score (nSPS) is 16.0. The van der Waals surface area contributed by atoms with Crippen molar-refractivity contribution in [2.75, 3.05) is 4.90 Å². The summed E-state index contributed by atoms with van der Waals surface area (Å²) in [5, 5.41) is 20.2. The number of carbonyl (C=O) groups excluding carboxylic acids is 2. The van der Waals surface area contributed by atoms with E-state index in [0.717, 1.165) is 11.1 Å².